The van der Waals surface area contributed by atoms with Crippen molar-refractivity contribution in [2.24, 2.45) is 0 Å². The molecule has 1 aliphatic rings. The normalized spacial score (nSPS) is 18.9. The number of hydrogen-bond acceptors (Lipinski definition) is 3. The standard InChI is InChI=1S/C15H22N2O2S/c1-16(2)9-4-10-17-14(18)11-20-15(17)12-5-7-13(19-3)8-6-12/h5-8,15H,4,9-11H2,1-3H3/p+1/t15-/m0/s1. The van der Waals surface area contributed by atoms with Crippen LogP contribution >= 0.6 is 11.8 Å². The van der Waals surface area contributed by atoms with Gasteiger partial charge in [-0.2, -0.15) is 0 Å². The van der Waals surface area contributed by atoms with E-state index in [1.54, 1.807) is 18.9 Å². The third-order valence-electron chi connectivity index (χ3n) is 3.44. The number of hydrogen-bond donors (Lipinski definition) is 1. The molecule has 4 nitrogen and oxygen atoms in total. The van der Waals surface area contributed by atoms with Gasteiger partial charge in [-0.25, -0.2) is 0 Å². The molecule has 1 amide bonds. The lowest BCUT2D eigenvalue weighted by Gasteiger charge is -2.24. The molecule has 0 unspecified atom stereocenters. The summed E-state index contributed by atoms with van der Waals surface area (Å²) in [5.74, 6) is 1.70. The molecule has 0 aromatic heterocycles. The number of methoxy groups -OCH3 is 1. The van der Waals surface area contributed by atoms with E-state index in [9.17, 15) is 4.79 Å². The summed E-state index contributed by atoms with van der Waals surface area (Å²) in [6.45, 7) is 1.93. The van der Waals surface area contributed by atoms with Gasteiger partial charge in [-0.1, -0.05) is 12.1 Å². The van der Waals surface area contributed by atoms with Gasteiger partial charge < -0.3 is 14.5 Å². The monoisotopic (exact) mass is 295 g/mol. The molecule has 110 valence electrons. The smallest absolute Gasteiger partial charge is 0.233 e. The van der Waals surface area contributed by atoms with Gasteiger partial charge in [0.05, 0.1) is 33.5 Å². The second-order valence-electron chi connectivity index (χ2n) is 5.33. The van der Waals surface area contributed by atoms with Gasteiger partial charge in [-0.3, -0.25) is 4.79 Å². The Kier molecular flexibility index (Phi) is 5.31. The summed E-state index contributed by atoms with van der Waals surface area (Å²) in [7, 11) is 5.95. The molecule has 20 heavy (non-hydrogen) atoms. The Morgan fingerprint density at radius 3 is 2.65 bits per heavy atom. The fraction of sp³-hybridized carbons (Fsp3) is 0.533. The molecule has 0 radical (unpaired) electrons. The van der Waals surface area contributed by atoms with Crippen molar-refractivity contribution in [3.63, 3.8) is 0 Å². The second kappa shape index (κ2) is 6.99. The maximum atomic E-state index is 12.0. The molecule has 0 spiro atoms. The predicted octanol–water partition coefficient (Wildman–Crippen LogP) is 0.804. The number of benzene rings is 1. The van der Waals surface area contributed by atoms with E-state index in [0.717, 1.165) is 25.3 Å². The highest BCUT2D eigenvalue weighted by Crippen LogP contribution is 2.38. The summed E-state index contributed by atoms with van der Waals surface area (Å²) in [6, 6.07) is 8.03. The quantitative estimate of drug-likeness (QED) is 0.843. The van der Waals surface area contributed by atoms with Crippen LogP contribution in [0.3, 0.4) is 0 Å². The van der Waals surface area contributed by atoms with E-state index in [-0.39, 0.29) is 11.3 Å². The molecule has 0 bridgehead atoms. The van der Waals surface area contributed by atoms with Crippen LogP contribution in [0.15, 0.2) is 24.3 Å². The lowest BCUT2D eigenvalue weighted by atomic mass is 10.2. The molecule has 2 rings (SSSR count). The van der Waals surface area contributed by atoms with Crippen molar-refractivity contribution in [3.8, 4) is 5.75 Å². The van der Waals surface area contributed by atoms with Crippen molar-refractivity contribution < 1.29 is 14.4 Å². The Bertz CT molecular complexity index is 448. The van der Waals surface area contributed by atoms with Gasteiger partial charge >= 0.3 is 0 Å². The summed E-state index contributed by atoms with van der Waals surface area (Å²) in [6.07, 6.45) is 1.04. The number of thioether (sulfide) groups is 1. The molecule has 1 atom stereocenters. The lowest BCUT2D eigenvalue weighted by molar-refractivity contribution is -0.858. The molecular formula is C15H23N2O2S+. The minimum Gasteiger partial charge on any atom is -0.497 e. The maximum Gasteiger partial charge on any atom is 0.233 e. The fourth-order valence-corrected chi connectivity index (χ4v) is 3.56. The van der Waals surface area contributed by atoms with E-state index >= 15 is 0 Å². The van der Waals surface area contributed by atoms with E-state index in [1.807, 2.05) is 17.0 Å². The van der Waals surface area contributed by atoms with Crippen LogP contribution in [-0.4, -0.2) is 50.9 Å². The molecule has 1 aromatic carbocycles. The first-order valence-electron chi connectivity index (χ1n) is 6.96. The fourth-order valence-electron chi connectivity index (χ4n) is 2.34. The van der Waals surface area contributed by atoms with Gasteiger partial charge in [0.15, 0.2) is 0 Å². The largest absolute Gasteiger partial charge is 0.497 e. The van der Waals surface area contributed by atoms with Gasteiger partial charge in [0.25, 0.3) is 0 Å². The van der Waals surface area contributed by atoms with Gasteiger partial charge in [0.2, 0.25) is 5.91 Å². The molecule has 5 heteroatoms. The average Bonchev–Trinajstić information content (AvgIpc) is 2.80. The molecule has 1 aliphatic heterocycles. The lowest BCUT2D eigenvalue weighted by Crippen LogP contribution is -3.05. The maximum absolute atomic E-state index is 12.0. The van der Waals surface area contributed by atoms with Crippen LogP contribution in [0, 0.1) is 0 Å². The van der Waals surface area contributed by atoms with Gasteiger partial charge in [0.1, 0.15) is 11.1 Å². The Hall–Kier alpha value is -1.20. The number of amides is 1. The molecule has 1 fully saturated rings. The van der Waals surface area contributed by atoms with Crippen molar-refractivity contribution in [3.05, 3.63) is 29.8 Å². The molecular weight excluding hydrogens is 272 g/mol. The van der Waals surface area contributed by atoms with Crippen LogP contribution in [0.25, 0.3) is 0 Å². The minimum atomic E-state index is 0.158. The number of nitrogens with one attached hydrogen (secondary N) is 1. The Labute approximate surface area is 125 Å². The van der Waals surface area contributed by atoms with Crippen LogP contribution in [0.2, 0.25) is 0 Å². The van der Waals surface area contributed by atoms with E-state index in [2.05, 4.69) is 26.2 Å². The molecule has 1 N–H and O–H groups in total. The number of nitrogens with zero attached hydrogens (tertiary/aromatic N) is 1. The first-order valence-corrected chi connectivity index (χ1v) is 8.00. The highest BCUT2D eigenvalue weighted by molar-refractivity contribution is 8.00. The first-order chi connectivity index (χ1) is 9.61. The van der Waals surface area contributed by atoms with Crippen molar-refractivity contribution in [1.82, 2.24) is 4.90 Å². The number of carbonyl (C=O) groups excluding carboxylic acids is 1. The third kappa shape index (κ3) is 3.67. The highest BCUT2D eigenvalue weighted by atomic mass is 32.2. The van der Waals surface area contributed by atoms with Crippen molar-refractivity contribution in [2.75, 3.05) is 40.0 Å². The van der Waals surface area contributed by atoms with Crippen LogP contribution in [0.1, 0.15) is 17.4 Å². The van der Waals surface area contributed by atoms with Crippen molar-refractivity contribution in [1.29, 1.82) is 0 Å². The summed E-state index contributed by atoms with van der Waals surface area (Å²) in [4.78, 5) is 15.5. The Morgan fingerprint density at radius 2 is 2.05 bits per heavy atom. The average molecular weight is 295 g/mol. The van der Waals surface area contributed by atoms with Crippen LogP contribution < -0.4 is 9.64 Å². The zero-order chi connectivity index (χ0) is 14.5. The number of carbonyl (C=O) groups is 1. The second-order valence-corrected chi connectivity index (χ2v) is 6.40. The van der Waals surface area contributed by atoms with E-state index < -0.39 is 0 Å². The molecule has 0 saturated carbocycles. The van der Waals surface area contributed by atoms with Crippen molar-refractivity contribution in [2.45, 2.75) is 11.8 Å². The highest BCUT2D eigenvalue weighted by Gasteiger charge is 2.32. The zero-order valence-electron chi connectivity index (χ0n) is 12.4. The van der Waals surface area contributed by atoms with Crippen LogP contribution in [-0.2, 0) is 4.79 Å². The zero-order valence-corrected chi connectivity index (χ0v) is 13.2. The minimum absolute atomic E-state index is 0.158. The summed E-state index contributed by atoms with van der Waals surface area (Å²) in [5, 5.41) is 0.158. The number of quaternary nitrogens is 1. The Morgan fingerprint density at radius 1 is 1.35 bits per heavy atom. The van der Waals surface area contributed by atoms with Crippen LogP contribution in [0.5, 0.6) is 5.75 Å². The molecule has 1 aromatic rings. The SMILES string of the molecule is COc1ccc([C@@H]2SCC(=O)N2CCC[NH+](C)C)cc1. The van der Waals surface area contributed by atoms with Gasteiger partial charge in [-0.15, -0.1) is 11.8 Å². The Balaban J connectivity index is 2.02. The summed E-state index contributed by atoms with van der Waals surface area (Å²) in [5.41, 5.74) is 1.18. The summed E-state index contributed by atoms with van der Waals surface area (Å²) < 4.78 is 5.18. The van der Waals surface area contributed by atoms with E-state index in [0.29, 0.717) is 5.75 Å². The predicted molar refractivity (Wildman–Crippen MR) is 82.2 cm³/mol. The first kappa shape index (κ1) is 15.2. The third-order valence-corrected chi connectivity index (χ3v) is 4.70. The number of ether oxygens (including phenoxy) is 1. The van der Waals surface area contributed by atoms with Gasteiger partial charge in [0, 0.05) is 13.0 Å². The number of rotatable bonds is 6. The topological polar surface area (TPSA) is 34.0 Å². The van der Waals surface area contributed by atoms with E-state index in [1.165, 1.54) is 10.5 Å². The summed E-state index contributed by atoms with van der Waals surface area (Å²) >= 11 is 1.71. The van der Waals surface area contributed by atoms with Gasteiger partial charge in [-0.05, 0) is 17.7 Å². The molecule has 1 heterocycles. The molecule has 0 aliphatic carbocycles. The van der Waals surface area contributed by atoms with Crippen LogP contribution in [0.4, 0.5) is 0 Å². The van der Waals surface area contributed by atoms with E-state index in [4.69, 9.17) is 4.74 Å². The molecule has 1 saturated heterocycles. The van der Waals surface area contributed by atoms with Crippen molar-refractivity contribution >= 4 is 17.7 Å².